The zero-order chi connectivity index (χ0) is 11.4. The van der Waals surface area contributed by atoms with E-state index in [0.717, 1.165) is 16.6 Å². The van der Waals surface area contributed by atoms with Crippen LogP contribution in [0.5, 0.6) is 5.88 Å². The summed E-state index contributed by atoms with van der Waals surface area (Å²) in [5.74, 6) is 0.701. The summed E-state index contributed by atoms with van der Waals surface area (Å²) >= 11 is 3.50. The summed E-state index contributed by atoms with van der Waals surface area (Å²) in [6.45, 7) is 3.85. The van der Waals surface area contributed by atoms with Gasteiger partial charge in [-0.2, -0.15) is 0 Å². The Morgan fingerprint density at radius 2 is 2.44 bits per heavy atom. The number of nitrogens with zero attached hydrogens (tertiary/aromatic N) is 1. The number of hydrogen-bond donors (Lipinski definition) is 1. The van der Waals surface area contributed by atoms with E-state index in [1.54, 1.807) is 6.20 Å². The lowest BCUT2D eigenvalue weighted by atomic mass is 10.1. The highest BCUT2D eigenvalue weighted by Crippen LogP contribution is 2.25. The number of halogens is 1. The van der Waals surface area contributed by atoms with Gasteiger partial charge in [-0.25, -0.2) is 4.98 Å². The van der Waals surface area contributed by atoms with Gasteiger partial charge in [0.05, 0.1) is 4.47 Å². The van der Waals surface area contributed by atoms with Crippen LogP contribution in [0.3, 0.4) is 0 Å². The summed E-state index contributed by atoms with van der Waals surface area (Å²) in [4.78, 5) is 4.23. The lowest BCUT2D eigenvalue weighted by molar-refractivity contribution is 0.230. The molecule has 0 aromatic carbocycles. The lowest BCUT2D eigenvalue weighted by Gasteiger charge is -2.23. The average Bonchev–Trinajstić information content (AvgIpc) is 2.32. The predicted octanol–water partition coefficient (Wildman–Crippen LogP) is 2.67. The molecule has 1 aliphatic rings. The molecular weight excluding hydrogens is 268 g/mol. The highest BCUT2D eigenvalue weighted by Gasteiger charge is 2.14. The van der Waals surface area contributed by atoms with E-state index in [9.17, 15) is 0 Å². The van der Waals surface area contributed by atoms with Crippen molar-refractivity contribution < 1.29 is 4.74 Å². The lowest BCUT2D eigenvalue weighted by Crippen LogP contribution is -2.38. The zero-order valence-electron chi connectivity index (χ0n) is 9.50. The molecule has 0 amide bonds. The van der Waals surface area contributed by atoms with E-state index in [2.05, 4.69) is 26.2 Å². The molecule has 88 valence electrons. The Hall–Kier alpha value is -0.610. The third-order valence-electron chi connectivity index (χ3n) is 2.88. The molecule has 1 N–H and O–H groups in total. The predicted molar refractivity (Wildman–Crippen MR) is 67.8 cm³/mol. The van der Waals surface area contributed by atoms with Crippen molar-refractivity contribution in [3.8, 4) is 5.88 Å². The maximum Gasteiger partial charge on any atom is 0.228 e. The van der Waals surface area contributed by atoms with Crippen molar-refractivity contribution in [3.63, 3.8) is 0 Å². The minimum absolute atomic E-state index is 0.475. The van der Waals surface area contributed by atoms with Crippen LogP contribution >= 0.6 is 15.9 Å². The Morgan fingerprint density at radius 3 is 3.19 bits per heavy atom. The molecule has 0 radical (unpaired) electrons. The quantitative estimate of drug-likeness (QED) is 0.927. The number of nitrogens with one attached hydrogen (secondary N) is 1. The maximum absolute atomic E-state index is 5.74. The van der Waals surface area contributed by atoms with E-state index >= 15 is 0 Å². The highest BCUT2D eigenvalue weighted by molar-refractivity contribution is 9.10. The second kappa shape index (κ2) is 5.64. The Kier molecular flexibility index (Phi) is 4.18. The van der Waals surface area contributed by atoms with Crippen molar-refractivity contribution in [2.45, 2.75) is 32.2 Å². The van der Waals surface area contributed by atoms with Crippen molar-refractivity contribution in [3.05, 3.63) is 22.3 Å². The van der Waals surface area contributed by atoms with E-state index in [1.807, 2.05) is 13.0 Å². The molecular formula is C12H17BrN2O. The van der Waals surface area contributed by atoms with E-state index in [0.29, 0.717) is 18.5 Å². The number of ether oxygens (including phenoxy) is 1. The molecule has 0 saturated carbocycles. The minimum atomic E-state index is 0.475. The standard InChI is InChI=1S/C12H17BrN2O/c1-9-5-7-15-12(11(9)13)16-8-10-4-2-3-6-14-10/h5,7,10,14H,2-4,6,8H2,1H3. The van der Waals surface area contributed by atoms with E-state index < -0.39 is 0 Å². The molecule has 1 unspecified atom stereocenters. The fourth-order valence-electron chi connectivity index (χ4n) is 1.86. The summed E-state index contributed by atoms with van der Waals surface area (Å²) in [7, 11) is 0. The van der Waals surface area contributed by atoms with Crippen molar-refractivity contribution in [2.24, 2.45) is 0 Å². The average molecular weight is 285 g/mol. The Bertz CT molecular complexity index is 351. The maximum atomic E-state index is 5.74. The van der Waals surface area contributed by atoms with Gasteiger partial charge < -0.3 is 10.1 Å². The molecule has 1 aromatic rings. The Morgan fingerprint density at radius 1 is 1.56 bits per heavy atom. The molecule has 2 heterocycles. The van der Waals surface area contributed by atoms with E-state index in [1.165, 1.54) is 19.3 Å². The minimum Gasteiger partial charge on any atom is -0.475 e. The SMILES string of the molecule is Cc1ccnc(OCC2CCCCN2)c1Br. The van der Waals surface area contributed by atoms with Crippen LogP contribution in [0.25, 0.3) is 0 Å². The van der Waals surface area contributed by atoms with Crippen LogP contribution in [0.1, 0.15) is 24.8 Å². The van der Waals surface area contributed by atoms with Crippen molar-refractivity contribution in [1.29, 1.82) is 0 Å². The molecule has 1 atom stereocenters. The number of rotatable bonds is 3. The zero-order valence-corrected chi connectivity index (χ0v) is 11.1. The second-order valence-corrected chi connectivity index (χ2v) is 5.00. The van der Waals surface area contributed by atoms with Gasteiger partial charge >= 0.3 is 0 Å². The third kappa shape index (κ3) is 2.95. The van der Waals surface area contributed by atoms with Gasteiger partial charge in [-0.3, -0.25) is 0 Å². The van der Waals surface area contributed by atoms with Crippen LogP contribution in [0, 0.1) is 6.92 Å². The largest absolute Gasteiger partial charge is 0.475 e. The van der Waals surface area contributed by atoms with Gasteiger partial charge in [-0.1, -0.05) is 6.42 Å². The van der Waals surface area contributed by atoms with E-state index in [-0.39, 0.29) is 0 Å². The molecule has 1 aliphatic heterocycles. The normalized spacial score (nSPS) is 20.8. The third-order valence-corrected chi connectivity index (χ3v) is 3.85. The van der Waals surface area contributed by atoms with Crippen LogP contribution < -0.4 is 10.1 Å². The molecule has 16 heavy (non-hydrogen) atoms. The fraction of sp³-hybridized carbons (Fsp3) is 0.583. The van der Waals surface area contributed by atoms with Gasteiger partial charge in [0.2, 0.25) is 5.88 Å². The van der Waals surface area contributed by atoms with Crippen LogP contribution in [0.2, 0.25) is 0 Å². The number of aryl methyl sites for hydroxylation is 1. The van der Waals surface area contributed by atoms with Crippen molar-refractivity contribution in [2.75, 3.05) is 13.2 Å². The smallest absolute Gasteiger partial charge is 0.228 e. The Balaban J connectivity index is 1.91. The monoisotopic (exact) mass is 284 g/mol. The number of pyridine rings is 1. The molecule has 1 fully saturated rings. The van der Waals surface area contributed by atoms with E-state index in [4.69, 9.17) is 4.74 Å². The van der Waals surface area contributed by atoms with Crippen molar-refractivity contribution >= 4 is 15.9 Å². The molecule has 0 spiro atoms. The summed E-state index contributed by atoms with van der Waals surface area (Å²) in [6.07, 6.45) is 5.56. The van der Waals surface area contributed by atoms with Gasteiger partial charge in [0.15, 0.2) is 0 Å². The number of piperidine rings is 1. The van der Waals surface area contributed by atoms with Crippen molar-refractivity contribution in [1.82, 2.24) is 10.3 Å². The summed E-state index contributed by atoms with van der Waals surface area (Å²) < 4.78 is 6.70. The number of aromatic nitrogens is 1. The molecule has 4 heteroatoms. The summed E-state index contributed by atoms with van der Waals surface area (Å²) in [6, 6.07) is 2.44. The molecule has 2 rings (SSSR count). The second-order valence-electron chi connectivity index (χ2n) is 4.20. The molecule has 0 aliphatic carbocycles. The first kappa shape index (κ1) is 11.9. The van der Waals surface area contributed by atoms with Crippen LogP contribution in [0.15, 0.2) is 16.7 Å². The van der Waals surface area contributed by atoms with Gasteiger partial charge in [0.1, 0.15) is 6.61 Å². The van der Waals surface area contributed by atoms with Crippen LogP contribution in [0.4, 0.5) is 0 Å². The Labute approximate surface area is 105 Å². The summed E-state index contributed by atoms with van der Waals surface area (Å²) in [5.41, 5.74) is 1.15. The molecule has 1 saturated heterocycles. The molecule has 3 nitrogen and oxygen atoms in total. The van der Waals surface area contributed by atoms with Crippen LogP contribution in [-0.2, 0) is 0 Å². The number of hydrogen-bond acceptors (Lipinski definition) is 3. The molecule has 1 aromatic heterocycles. The van der Waals surface area contributed by atoms with Gasteiger partial charge in [0, 0.05) is 12.2 Å². The first-order chi connectivity index (χ1) is 7.77. The first-order valence-electron chi connectivity index (χ1n) is 5.74. The topological polar surface area (TPSA) is 34.1 Å². The van der Waals surface area contributed by atoms with Gasteiger partial charge in [0.25, 0.3) is 0 Å². The molecule has 0 bridgehead atoms. The van der Waals surface area contributed by atoms with Gasteiger partial charge in [-0.15, -0.1) is 0 Å². The highest BCUT2D eigenvalue weighted by atomic mass is 79.9. The van der Waals surface area contributed by atoms with Gasteiger partial charge in [-0.05, 0) is 53.9 Å². The fourth-order valence-corrected chi connectivity index (χ4v) is 2.21. The summed E-state index contributed by atoms with van der Waals surface area (Å²) in [5, 5.41) is 3.46. The first-order valence-corrected chi connectivity index (χ1v) is 6.54. The van der Waals surface area contributed by atoms with Crippen LogP contribution in [-0.4, -0.2) is 24.2 Å².